The van der Waals surface area contributed by atoms with E-state index in [4.69, 9.17) is 0 Å². The van der Waals surface area contributed by atoms with Crippen LogP contribution in [-0.4, -0.2) is 47.8 Å². The second-order valence-electron chi connectivity index (χ2n) is 8.69. The minimum Gasteiger partial charge on any atom is -0.337 e. The van der Waals surface area contributed by atoms with Gasteiger partial charge in [-0.05, 0) is 41.8 Å². The minimum absolute atomic E-state index is 0.280. The molecule has 0 bridgehead atoms. The number of alkyl halides is 6. The van der Waals surface area contributed by atoms with E-state index in [2.05, 4.69) is 0 Å². The molecule has 1 heterocycles. The first kappa shape index (κ1) is 29.5. The molecule has 4 nitrogen and oxygen atoms in total. The van der Waals surface area contributed by atoms with Gasteiger partial charge in [0, 0.05) is 38.3 Å². The average molecular weight is 549 g/mol. The van der Waals surface area contributed by atoms with Crippen LogP contribution in [0, 0.1) is 0 Å². The van der Waals surface area contributed by atoms with E-state index in [1.807, 2.05) is 0 Å². The van der Waals surface area contributed by atoms with Crippen LogP contribution in [0.1, 0.15) is 28.7 Å². The molecule has 2 aromatic carbocycles. The first-order chi connectivity index (χ1) is 18.4. The number of carbonyl (C=O) groups excluding carboxylic acids is 2. The van der Waals surface area contributed by atoms with E-state index in [0.29, 0.717) is 43.7 Å². The van der Waals surface area contributed by atoms with E-state index in [1.165, 1.54) is 72.9 Å². The summed E-state index contributed by atoms with van der Waals surface area (Å²) in [5.74, 6) is -0.560. The van der Waals surface area contributed by atoms with Crippen LogP contribution in [0.5, 0.6) is 0 Å². The van der Waals surface area contributed by atoms with Crippen molar-refractivity contribution in [1.29, 1.82) is 0 Å². The summed E-state index contributed by atoms with van der Waals surface area (Å²) >= 11 is 0. The Kier molecular flexibility index (Phi) is 9.92. The smallest absolute Gasteiger partial charge is 0.337 e. The van der Waals surface area contributed by atoms with Crippen LogP contribution in [0.25, 0.3) is 12.2 Å². The van der Waals surface area contributed by atoms with Crippen molar-refractivity contribution >= 4 is 24.0 Å². The van der Waals surface area contributed by atoms with Crippen LogP contribution in [0.3, 0.4) is 0 Å². The number of hydrogen-bond acceptors (Lipinski definition) is 2. The predicted octanol–water partition coefficient (Wildman–Crippen LogP) is 6.62. The molecule has 2 aromatic rings. The molecule has 206 valence electrons. The molecule has 10 heteroatoms. The summed E-state index contributed by atoms with van der Waals surface area (Å²) in [4.78, 5) is 28.2. The van der Waals surface area contributed by atoms with Crippen LogP contribution in [-0.2, 0) is 21.9 Å². The van der Waals surface area contributed by atoms with Gasteiger partial charge >= 0.3 is 12.4 Å². The molecule has 0 saturated carbocycles. The molecule has 0 aliphatic carbocycles. The molecule has 1 aliphatic heterocycles. The molecule has 0 aromatic heterocycles. The van der Waals surface area contributed by atoms with Crippen molar-refractivity contribution in [3.05, 3.63) is 107 Å². The largest absolute Gasteiger partial charge is 0.416 e. The zero-order valence-electron chi connectivity index (χ0n) is 20.8. The molecule has 0 atom stereocenters. The minimum atomic E-state index is -4.43. The summed E-state index contributed by atoms with van der Waals surface area (Å²) in [6.07, 6.45) is 3.14. The van der Waals surface area contributed by atoms with Crippen molar-refractivity contribution < 1.29 is 35.9 Å². The first-order valence-electron chi connectivity index (χ1n) is 12.1. The molecule has 0 spiro atoms. The van der Waals surface area contributed by atoms with Gasteiger partial charge in [0.2, 0.25) is 11.8 Å². The van der Waals surface area contributed by atoms with Crippen molar-refractivity contribution in [2.75, 3.05) is 26.2 Å². The third-order valence-electron chi connectivity index (χ3n) is 5.82. The summed E-state index contributed by atoms with van der Waals surface area (Å²) < 4.78 is 76.9. The lowest BCUT2D eigenvalue weighted by Crippen LogP contribution is -2.36. The third kappa shape index (κ3) is 9.31. The summed E-state index contributed by atoms with van der Waals surface area (Å²) in [5.41, 5.74) is -0.808. The Hall–Kier alpha value is -4.08. The highest BCUT2D eigenvalue weighted by Crippen LogP contribution is 2.30. The summed E-state index contributed by atoms with van der Waals surface area (Å²) in [6, 6.07) is 9.67. The Morgan fingerprint density at radius 1 is 0.615 bits per heavy atom. The molecule has 2 amide bonds. The monoisotopic (exact) mass is 548 g/mol. The van der Waals surface area contributed by atoms with Crippen LogP contribution < -0.4 is 0 Å². The highest BCUT2D eigenvalue weighted by molar-refractivity contribution is 5.89. The molecule has 0 N–H and O–H groups in total. The predicted molar refractivity (Wildman–Crippen MR) is 137 cm³/mol. The molecular formula is C29H26F6N2O2. The van der Waals surface area contributed by atoms with Gasteiger partial charge in [-0.2, -0.15) is 26.3 Å². The number of benzene rings is 2. The zero-order valence-corrected chi connectivity index (χ0v) is 20.8. The van der Waals surface area contributed by atoms with Gasteiger partial charge in [0.15, 0.2) is 0 Å². The number of amides is 2. The maximum Gasteiger partial charge on any atom is 0.416 e. The van der Waals surface area contributed by atoms with Crippen LogP contribution >= 0.6 is 0 Å². The van der Waals surface area contributed by atoms with Crippen molar-refractivity contribution in [3.63, 3.8) is 0 Å². The average Bonchev–Trinajstić information content (AvgIpc) is 3.15. The molecule has 0 unspecified atom stereocenters. The molecular weight excluding hydrogens is 522 g/mol. The molecule has 1 aliphatic rings. The van der Waals surface area contributed by atoms with Gasteiger partial charge in [0.25, 0.3) is 0 Å². The topological polar surface area (TPSA) is 40.6 Å². The standard InChI is InChI=1S/C29H26F6N2O2/c30-28(31,32)24-12-5-10-22(20-24)8-1-3-14-26(38)36-16-7-17-37(19-18-36)27(39)15-4-2-9-23-11-6-13-25(21-23)29(33,34)35/h1-6,8-15,20-21H,7,16-19H2. The number of allylic oxidation sites excluding steroid dienone is 4. The van der Waals surface area contributed by atoms with Gasteiger partial charge < -0.3 is 9.80 Å². The number of rotatable bonds is 6. The number of halogens is 6. The van der Waals surface area contributed by atoms with Gasteiger partial charge in [0.05, 0.1) is 11.1 Å². The summed E-state index contributed by atoms with van der Waals surface area (Å²) in [5, 5.41) is 0. The summed E-state index contributed by atoms with van der Waals surface area (Å²) in [6.45, 7) is 1.48. The normalized spacial score (nSPS) is 15.6. The fourth-order valence-electron chi connectivity index (χ4n) is 3.82. The Morgan fingerprint density at radius 3 is 1.41 bits per heavy atom. The lowest BCUT2D eigenvalue weighted by molar-refractivity contribution is -0.138. The van der Waals surface area contributed by atoms with Crippen LogP contribution in [0.4, 0.5) is 26.3 Å². The van der Waals surface area contributed by atoms with Crippen molar-refractivity contribution in [2.24, 2.45) is 0 Å². The lowest BCUT2D eigenvalue weighted by atomic mass is 10.1. The van der Waals surface area contributed by atoms with Gasteiger partial charge in [-0.25, -0.2) is 0 Å². The number of nitrogens with zero attached hydrogens (tertiary/aromatic N) is 2. The quantitative estimate of drug-likeness (QED) is 0.231. The number of carbonyl (C=O) groups is 2. The van der Waals surface area contributed by atoms with Crippen molar-refractivity contribution in [1.82, 2.24) is 9.80 Å². The van der Waals surface area contributed by atoms with E-state index >= 15 is 0 Å². The molecule has 39 heavy (non-hydrogen) atoms. The lowest BCUT2D eigenvalue weighted by Gasteiger charge is -2.20. The van der Waals surface area contributed by atoms with Gasteiger partial charge in [-0.15, -0.1) is 0 Å². The molecule has 0 radical (unpaired) electrons. The van der Waals surface area contributed by atoms with Crippen molar-refractivity contribution in [2.45, 2.75) is 18.8 Å². The highest BCUT2D eigenvalue weighted by atomic mass is 19.4. The highest BCUT2D eigenvalue weighted by Gasteiger charge is 2.30. The van der Waals surface area contributed by atoms with Crippen LogP contribution in [0.2, 0.25) is 0 Å². The molecule has 1 fully saturated rings. The fraction of sp³-hybridized carbons (Fsp3) is 0.241. The van der Waals surface area contributed by atoms with Gasteiger partial charge in [0.1, 0.15) is 0 Å². The fourth-order valence-corrected chi connectivity index (χ4v) is 3.82. The van der Waals surface area contributed by atoms with E-state index in [1.54, 1.807) is 9.80 Å². The zero-order chi connectivity index (χ0) is 28.5. The molecule has 1 saturated heterocycles. The Balaban J connectivity index is 1.49. The SMILES string of the molecule is O=C(C=CC=Cc1cccc(C(F)(F)F)c1)N1CCCN(C(=O)C=CC=Cc2cccc(C(F)(F)F)c2)CC1. The molecule has 3 rings (SSSR count). The van der Waals surface area contributed by atoms with Gasteiger partial charge in [-0.3, -0.25) is 9.59 Å². The second kappa shape index (κ2) is 13.1. The van der Waals surface area contributed by atoms with E-state index in [-0.39, 0.29) is 11.8 Å². The van der Waals surface area contributed by atoms with E-state index in [0.717, 1.165) is 24.3 Å². The number of hydrogen-bond donors (Lipinski definition) is 0. The Labute approximate surface area is 222 Å². The first-order valence-corrected chi connectivity index (χ1v) is 12.1. The van der Waals surface area contributed by atoms with E-state index in [9.17, 15) is 35.9 Å². The summed E-state index contributed by atoms with van der Waals surface area (Å²) in [7, 11) is 0. The maximum atomic E-state index is 12.8. The Morgan fingerprint density at radius 2 is 1.03 bits per heavy atom. The van der Waals surface area contributed by atoms with Gasteiger partial charge in [-0.1, -0.05) is 60.7 Å². The van der Waals surface area contributed by atoms with Crippen LogP contribution in [0.15, 0.2) is 85.0 Å². The maximum absolute atomic E-state index is 12.8. The Bertz CT molecular complexity index is 1180. The van der Waals surface area contributed by atoms with Crippen molar-refractivity contribution in [3.8, 4) is 0 Å². The second-order valence-corrected chi connectivity index (χ2v) is 8.69. The van der Waals surface area contributed by atoms with E-state index < -0.39 is 23.5 Å². The third-order valence-corrected chi connectivity index (χ3v) is 5.82.